The van der Waals surface area contributed by atoms with Crippen molar-refractivity contribution in [2.24, 2.45) is 5.92 Å². The lowest BCUT2D eigenvalue weighted by Gasteiger charge is -2.28. The van der Waals surface area contributed by atoms with E-state index in [0.717, 1.165) is 0 Å². The highest BCUT2D eigenvalue weighted by atomic mass is 19.3. The van der Waals surface area contributed by atoms with Gasteiger partial charge in [0, 0.05) is 25.9 Å². The van der Waals surface area contributed by atoms with Crippen LogP contribution in [-0.2, 0) is 0 Å². The second-order valence-corrected chi connectivity index (χ2v) is 4.24. The summed E-state index contributed by atoms with van der Waals surface area (Å²) in [6.45, 7) is 1.58. The second kappa shape index (κ2) is 5.98. The molecule has 0 heterocycles. The van der Waals surface area contributed by atoms with Crippen molar-refractivity contribution in [3.05, 3.63) is 0 Å². The zero-order valence-electron chi connectivity index (χ0n) is 9.14. The SMILES string of the molecule is O=C(O)NCCNCC1CCC(F)(F)CC1. The fourth-order valence-corrected chi connectivity index (χ4v) is 1.87. The van der Waals surface area contributed by atoms with Crippen LogP contribution in [0.1, 0.15) is 25.7 Å². The van der Waals surface area contributed by atoms with Crippen molar-refractivity contribution in [2.75, 3.05) is 19.6 Å². The summed E-state index contributed by atoms with van der Waals surface area (Å²) in [6.07, 6.45) is 0.0112. The minimum absolute atomic E-state index is 0.0211. The molecule has 0 radical (unpaired) electrons. The maximum Gasteiger partial charge on any atom is 0.404 e. The number of alkyl halides is 2. The maximum absolute atomic E-state index is 12.8. The van der Waals surface area contributed by atoms with Gasteiger partial charge in [0.1, 0.15) is 0 Å². The first-order valence-electron chi connectivity index (χ1n) is 5.55. The monoisotopic (exact) mass is 236 g/mol. The Morgan fingerprint density at radius 3 is 2.50 bits per heavy atom. The second-order valence-electron chi connectivity index (χ2n) is 4.24. The van der Waals surface area contributed by atoms with Gasteiger partial charge in [0.15, 0.2) is 0 Å². The highest BCUT2D eigenvalue weighted by Gasteiger charge is 2.34. The van der Waals surface area contributed by atoms with Gasteiger partial charge in [-0.3, -0.25) is 0 Å². The van der Waals surface area contributed by atoms with Crippen LogP contribution in [0.25, 0.3) is 0 Å². The van der Waals surface area contributed by atoms with Gasteiger partial charge in [-0.15, -0.1) is 0 Å². The molecule has 1 fully saturated rings. The van der Waals surface area contributed by atoms with Gasteiger partial charge < -0.3 is 15.7 Å². The van der Waals surface area contributed by atoms with Gasteiger partial charge in [-0.25, -0.2) is 13.6 Å². The van der Waals surface area contributed by atoms with E-state index in [-0.39, 0.29) is 12.8 Å². The average molecular weight is 236 g/mol. The van der Waals surface area contributed by atoms with Gasteiger partial charge in [0.05, 0.1) is 0 Å². The van der Waals surface area contributed by atoms with E-state index in [4.69, 9.17) is 5.11 Å². The van der Waals surface area contributed by atoms with E-state index in [1.54, 1.807) is 0 Å². The Morgan fingerprint density at radius 2 is 1.94 bits per heavy atom. The Kier molecular flexibility index (Phi) is 4.92. The summed E-state index contributed by atoms with van der Waals surface area (Å²) in [6, 6.07) is 0. The first-order chi connectivity index (χ1) is 7.49. The summed E-state index contributed by atoms with van der Waals surface area (Å²) < 4.78 is 25.6. The average Bonchev–Trinajstić information content (AvgIpc) is 2.19. The van der Waals surface area contributed by atoms with Gasteiger partial charge in [-0.05, 0) is 25.3 Å². The van der Waals surface area contributed by atoms with E-state index in [9.17, 15) is 13.6 Å². The number of carboxylic acid groups (broad SMARTS) is 1. The zero-order chi connectivity index (χ0) is 12.0. The van der Waals surface area contributed by atoms with Gasteiger partial charge in [0.25, 0.3) is 0 Å². The van der Waals surface area contributed by atoms with Crippen molar-refractivity contribution in [1.82, 2.24) is 10.6 Å². The molecule has 16 heavy (non-hydrogen) atoms. The summed E-state index contributed by atoms with van der Waals surface area (Å²) in [7, 11) is 0. The van der Waals surface area contributed by atoms with Gasteiger partial charge in [-0.2, -0.15) is 0 Å². The number of halogens is 2. The smallest absolute Gasteiger partial charge is 0.404 e. The van der Waals surface area contributed by atoms with Crippen LogP contribution >= 0.6 is 0 Å². The van der Waals surface area contributed by atoms with E-state index >= 15 is 0 Å². The molecule has 1 saturated carbocycles. The predicted octanol–water partition coefficient (Wildman–Crippen LogP) is 1.67. The van der Waals surface area contributed by atoms with Crippen molar-refractivity contribution >= 4 is 6.09 Å². The van der Waals surface area contributed by atoms with Crippen molar-refractivity contribution in [3.8, 4) is 0 Å². The summed E-state index contributed by atoms with van der Waals surface area (Å²) in [4.78, 5) is 10.1. The van der Waals surface area contributed by atoms with E-state index in [0.29, 0.717) is 38.4 Å². The highest BCUT2D eigenvalue weighted by molar-refractivity contribution is 5.64. The van der Waals surface area contributed by atoms with Crippen molar-refractivity contribution in [2.45, 2.75) is 31.6 Å². The number of carbonyl (C=O) groups is 1. The van der Waals surface area contributed by atoms with Crippen LogP contribution in [0.5, 0.6) is 0 Å². The molecule has 0 aliphatic heterocycles. The maximum atomic E-state index is 12.8. The lowest BCUT2D eigenvalue weighted by Crippen LogP contribution is -2.35. The Morgan fingerprint density at radius 1 is 1.31 bits per heavy atom. The van der Waals surface area contributed by atoms with Gasteiger partial charge in [0.2, 0.25) is 5.92 Å². The van der Waals surface area contributed by atoms with Crippen LogP contribution in [0.3, 0.4) is 0 Å². The molecule has 0 saturated heterocycles. The fourth-order valence-electron chi connectivity index (χ4n) is 1.87. The molecule has 1 amide bonds. The molecule has 3 N–H and O–H groups in total. The molecule has 4 nitrogen and oxygen atoms in total. The number of nitrogens with one attached hydrogen (secondary N) is 2. The molecule has 0 aromatic heterocycles. The third kappa shape index (κ3) is 5.25. The standard InChI is InChI=1S/C10H18F2N2O2/c11-10(12)3-1-8(2-4-10)7-13-5-6-14-9(15)16/h8,13-14H,1-7H2,(H,15,16). The molecule has 0 atom stereocenters. The molecular formula is C10H18F2N2O2. The summed E-state index contributed by atoms with van der Waals surface area (Å²) in [5.74, 6) is -2.18. The van der Waals surface area contributed by atoms with Crippen molar-refractivity contribution in [1.29, 1.82) is 0 Å². The van der Waals surface area contributed by atoms with Crippen LogP contribution < -0.4 is 10.6 Å². The minimum Gasteiger partial charge on any atom is -0.465 e. The fraction of sp³-hybridized carbons (Fsp3) is 0.900. The molecule has 1 rings (SSSR count). The van der Waals surface area contributed by atoms with E-state index in [2.05, 4.69) is 10.6 Å². The lowest BCUT2D eigenvalue weighted by atomic mass is 9.87. The molecule has 1 aliphatic rings. The summed E-state index contributed by atoms with van der Waals surface area (Å²) in [5.41, 5.74) is 0. The highest BCUT2D eigenvalue weighted by Crippen LogP contribution is 2.35. The summed E-state index contributed by atoms with van der Waals surface area (Å²) in [5, 5.41) is 13.6. The van der Waals surface area contributed by atoms with Gasteiger partial charge in [-0.1, -0.05) is 0 Å². The quantitative estimate of drug-likeness (QED) is 0.636. The molecular weight excluding hydrogens is 218 g/mol. The number of hydrogen-bond acceptors (Lipinski definition) is 2. The summed E-state index contributed by atoms with van der Waals surface area (Å²) >= 11 is 0. The first-order valence-corrected chi connectivity index (χ1v) is 5.55. The molecule has 6 heteroatoms. The third-order valence-electron chi connectivity index (χ3n) is 2.85. The molecule has 1 aliphatic carbocycles. The Labute approximate surface area is 93.4 Å². The number of rotatable bonds is 5. The van der Waals surface area contributed by atoms with Crippen LogP contribution in [0.4, 0.5) is 13.6 Å². The Balaban J connectivity index is 2.00. The topological polar surface area (TPSA) is 61.4 Å². The number of hydrogen-bond donors (Lipinski definition) is 3. The largest absolute Gasteiger partial charge is 0.465 e. The Hall–Kier alpha value is -0.910. The Bertz CT molecular complexity index is 227. The molecule has 0 bridgehead atoms. The molecule has 0 spiro atoms. The van der Waals surface area contributed by atoms with E-state index < -0.39 is 12.0 Å². The van der Waals surface area contributed by atoms with E-state index in [1.165, 1.54) is 0 Å². The molecule has 0 aromatic rings. The molecule has 94 valence electrons. The minimum atomic E-state index is -2.47. The van der Waals surface area contributed by atoms with Gasteiger partial charge >= 0.3 is 6.09 Å². The van der Waals surface area contributed by atoms with Crippen molar-refractivity contribution < 1.29 is 18.7 Å². The van der Waals surface area contributed by atoms with Crippen LogP contribution in [0.2, 0.25) is 0 Å². The first kappa shape index (κ1) is 13.2. The third-order valence-corrected chi connectivity index (χ3v) is 2.85. The number of amides is 1. The van der Waals surface area contributed by atoms with Crippen LogP contribution in [-0.4, -0.2) is 36.8 Å². The predicted molar refractivity (Wildman–Crippen MR) is 55.8 cm³/mol. The zero-order valence-corrected chi connectivity index (χ0v) is 9.14. The lowest BCUT2D eigenvalue weighted by molar-refractivity contribution is -0.0454. The molecule has 0 unspecified atom stereocenters. The van der Waals surface area contributed by atoms with Crippen LogP contribution in [0.15, 0.2) is 0 Å². The van der Waals surface area contributed by atoms with E-state index in [1.807, 2.05) is 0 Å². The normalized spacial score (nSPS) is 20.6. The molecule has 0 aromatic carbocycles. The van der Waals surface area contributed by atoms with Crippen LogP contribution in [0, 0.1) is 5.92 Å². The van der Waals surface area contributed by atoms with Crippen molar-refractivity contribution in [3.63, 3.8) is 0 Å².